The zero-order chi connectivity index (χ0) is 15.4. The molecule has 0 amide bonds. The standard InChI is InChI=1S/C17H18N4S/c1-13-7-5-6-10-15(13)18-17(22)19-16-11-12-21(20-16)14-8-3-2-4-9-14/h2-10H,11-12H2,1H3,(H2,18,19,20,22). The molecule has 112 valence electrons. The molecule has 2 aromatic carbocycles. The molecule has 0 radical (unpaired) electrons. The van der Waals surface area contributed by atoms with Gasteiger partial charge >= 0.3 is 0 Å². The number of para-hydroxylation sites is 2. The Morgan fingerprint density at radius 1 is 1.14 bits per heavy atom. The van der Waals surface area contributed by atoms with Crippen LogP contribution in [0.15, 0.2) is 59.6 Å². The number of thiocarbonyl (C=S) groups is 1. The fraction of sp³-hybridized carbons (Fsp3) is 0.176. The molecule has 3 rings (SSSR count). The maximum atomic E-state index is 5.33. The summed E-state index contributed by atoms with van der Waals surface area (Å²) in [4.78, 5) is 4.47. The lowest BCUT2D eigenvalue weighted by Gasteiger charge is -2.17. The van der Waals surface area contributed by atoms with Gasteiger partial charge in [0, 0.05) is 18.7 Å². The normalized spacial score (nSPS) is 15.7. The third kappa shape index (κ3) is 3.43. The second-order valence-electron chi connectivity index (χ2n) is 5.15. The van der Waals surface area contributed by atoms with Crippen LogP contribution in [0.3, 0.4) is 0 Å². The van der Waals surface area contributed by atoms with Gasteiger partial charge in [0.15, 0.2) is 5.11 Å². The zero-order valence-electron chi connectivity index (χ0n) is 12.4. The van der Waals surface area contributed by atoms with Crippen LogP contribution in [0.4, 0.5) is 11.4 Å². The van der Waals surface area contributed by atoms with Crippen molar-refractivity contribution in [1.82, 2.24) is 5.43 Å². The van der Waals surface area contributed by atoms with Crippen LogP contribution in [0.1, 0.15) is 12.0 Å². The van der Waals surface area contributed by atoms with Gasteiger partial charge in [-0.15, -0.1) is 0 Å². The number of aliphatic imine (C=N–C) groups is 1. The third-order valence-electron chi connectivity index (χ3n) is 3.53. The molecule has 1 aliphatic heterocycles. The largest absolute Gasteiger partial charge is 0.331 e. The number of rotatable bonds is 2. The van der Waals surface area contributed by atoms with E-state index in [1.165, 1.54) is 0 Å². The first-order chi connectivity index (χ1) is 10.7. The molecule has 22 heavy (non-hydrogen) atoms. The topological polar surface area (TPSA) is 39.7 Å². The molecule has 1 saturated heterocycles. The fourth-order valence-electron chi connectivity index (χ4n) is 2.35. The van der Waals surface area contributed by atoms with Crippen LogP contribution in [0.2, 0.25) is 0 Å². The third-order valence-corrected chi connectivity index (χ3v) is 3.72. The Balaban J connectivity index is 1.64. The lowest BCUT2D eigenvalue weighted by Crippen LogP contribution is -2.33. The number of nitrogens with zero attached hydrogens (tertiary/aromatic N) is 2. The van der Waals surface area contributed by atoms with E-state index in [0.717, 1.165) is 35.7 Å². The molecule has 0 unspecified atom stereocenters. The predicted molar refractivity (Wildman–Crippen MR) is 96.4 cm³/mol. The first kappa shape index (κ1) is 14.5. The molecule has 4 nitrogen and oxygen atoms in total. The van der Waals surface area contributed by atoms with Gasteiger partial charge in [0.25, 0.3) is 0 Å². The number of amidine groups is 1. The molecule has 1 fully saturated rings. The highest BCUT2D eigenvalue weighted by Gasteiger charge is 2.17. The Morgan fingerprint density at radius 2 is 1.86 bits per heavy atom. The highest BCUT2D eigenvalue weighted by Crippen LogP contribution is 2.16. The Hall–Kier alpha value is -2.40. The van der Waals surface area contributed by atoms with E-state index in [1.54, 1.807) is 0 Å². The predicted octanol–water partition coefficient (Wildman–Crippen LogP) is 3.51. The van der Waals surface area contributed by atoms with Gasteiger partial charge in [-0.1, -0.05) is 36.4 Å². The Bertz CT molecular complexity index is 697. The summed E-state index contributed by atoms with van der Waals surface area (Å²) in [6.07, 6.45) is 0.852. The van der Waals surface area contributed by atoms with Gasteiger partial charge < -0.3 is 5.32 Å². The minimum absolute atomic E-state index is 0.478. The van der Waals surface area contributed by atoms with Gasteiger partial charge in [0.2, 0.25) is 0 Å². The maximum Gasteiger partial charge on any atom is 0.198 e. The van der Waals surface area contributed by atoms with Crippen LogP contribution >= 0.6 is 12.2 Å². The highest BCUT2D eigenvalue weighted by molar-refractivity contribution is 7.80. The molecular formula is C17H18N4S. The van der Waals surface area contributed by atoms with Crippen molar-refractivity contribution in [1.29, 1.82) is 0 Å². The van der Waals surface area contributed by atoms with E-state index in [0.29, 0.717) is 5.11 Å². The number of nitrogens with one attached hydrogen (secondary N) is 2. The first-order valence-corrected chi connectivity index (χ1v) is 7.66. The second-order valence-corrected chi connectivity index (χ2v) is 5.54. The molecule has 2 N–H and O–H groups in total. The van der Waals surface area contributed by atoms with Gasteiger partial charge in [-0.3, -0.25) is 10.4 Å². The quantitative estimate of drug-likeness (QED) is 0.833. The average Bonchev–Trinajstić information content (AvgIpc) is 2.99. The molecule has 0 spiro atoms. The SMILES string of the molecule is Cc1ccccc1NC(=S)/N=C1/CCN(c2ccccc2)N1. The van der Waals surface area contributed by atoms with Gasteiger partial charge in [-0.25, -0.2) is 4.99 Å². The lowest BCUT2D eigenvalue weighted by molar-refractivity contribution is 0.858. The highest BCUT2D eigenvalue weighted by atomic mass is 32.1. The van der Waals surface area contributed by atoms with E-state index < -0.39 is 0 Å². The van der Waals surface area contributed by atoms with Gasteiger partial charge in [0.05, 0.1) is 5.69 Å². The summed E-state index contributed by atoms with van der Waals surface area (Å²) in [6, 6.07) is 18.2. The summed E-state index contributed by atoms with van der Waals surface area (Å²) in [5.74, 6) is 0.884. The maximum absolute atomic E-state index is 5.33. The average molecular weight is 310 g/mol. The van der Waals surface area contributed by atoms with Crippen molar-refractivity contribution in [3.63, 3.8) is 0 Å². The summed E-state index contributed by atoms with van der Waals surface area (Å²) in [7, 11) is 0. The molecule has 0 atom stereocenters. The zero-order valence-corrected chi connectivity index (χ0v) is 13.2. The van der Waals surface area contributed by atoms with E-state index in [1.807, 2.05) is 49.4 Å². The van der Waals surface area contributed by atoms with Crippen molar-refractivity contribution < 1.29 is 0 Å². The molecule has 0 aliphatic carbocycles. The van der Waals surface area contributed by atoms with Gasteiger partial charge in [0.1, 0.15) is 5.84 Å². The number of anilines is 2. The number of aryl methyl sites for hydroxylation is 1. The van der Waals surface area contributed by atoms with E-state index >= 15 is 0 Å². The summed E-state index contributed by atoms with van der Waals surface area (Å²) in [6.45, 7) is 2.93. The Labute approximate surface area is 135 Å². The van der Waals surface area contributed by atoms with E-state index in [4.69, 9.17) is 12.2 Å². The number of hydrogen-bond donors (Lipinski definition) is 2. The smallest absolute Gasteiger partial charge is 0.198 e. The second kappa shape index (κ2) is 6.58. The van der Waals surface area contributed by atoms with Crippen LogP contribution in [0.25, 0.3) is 0 Å². The van der Waals surface area contributed by atoms with Crippen molar-refractivity contribution in [2.24, 2.45) is 4.99 Å². The molecule has 0 aromatic heterocycles. The fourth-order valence-corrected chi connectivity index (χ4v) is 2.57. The number of hydrogen-bond acceptors (Lipinski definition) is 2. The van der Waals surface area contributed by atoms with Crippen molar-refractivity contribution >= 4 is 34.5 Å². The molecule has 1 heterocycles. The minimum Gasteiger partial charge on any atom is -0.331 e. The lowest BCUT2D eigenvalue weighted by atomic mass is 10.2. The van der Waals surface area contributed by atoms with Crippen LogP contribution in [0, 0.1) is 6.92 Å². The van der Waals surface area contributed by atoms with Crippen LogP contribution in [-0.2, 0) is 0 Å². The van der Waals surface area contributed by atoms with E-state index in [-0.39, 0.29) is 0 Å². The van der Waals surface area contributed by atoms with Crippen LogP contribution in [-0.4, -0.2) is 17.5 Å². The summed E-state index contributed by atoms with van der Waals surface area (Å²) < 4.78 is 0. The Morgan fingerprint density at radius 3 is 2.64 bits per heavy atom. The van der Waals surface area contributed by atoms with Gasteiger partial charge in [-0.2, -0.15) is 0 Å². The van der Waals surface area contributed by atoms with Gasteiger partial charge in [-0.05, 0) is 42.9 Å². The molecule has 0 bridgehead atoms. The van der Waals surface area contributed by atoms with Crippen LogP contribution < -0.4 is 15.8 Å². The minimum atomic E-state index is 0.478. The molecular weight excluding hydrogens is 292 g/mol. The van der Waals surface area contributed by atoms with Crippen molar-refractivity contribution in [2.75, 3.05) is 16.9 Å². The van der Waals surface area contributed by atoms with Crippen molar-refractivity contribution in [3.05, 3.63) is 60.2 Å². The molecule has 2 aromatic rings. The first-order valence-electron chi connectivity index (χ1n) is 7.26. The monoisotopic (exact) mass is 310 g/mol. The molecule has 1 aliphatic rings. The van der Waals surface area contributed by atoms with Crippen molar-refractivity contribution in [3.8, 4) is 0 Å². The molecule has 5 heteroatoms. The number of benzene rings is 2. The van der Waals surface area contributed by atoms with E-state index in [2.05, 4.69) is 32.9 Å². The Kier molecular flexibility index (Phi) is 4.34. The molecule has 0 saturated carbocycles. The summed E-state index contributed by atoms with van der Waals surface area (Å²) in [5, 5.41) is 5.73. The van der Waals surface area contributed by atoms with Crippen molar-refractivity contribution in [2.45, 2.75) is 13.3 Å². The summed E-state index contributed by atoms with van der Waals surface area (Å²) >= 11 is 5.33. The van der Waals surface area contributed by atoms with E-state index in [9.17, 15) is 0 Å². The number of hydrazine groups is 1. The summed E-state index contributed by atoms with van der Waals surface area (Å²) in [5.41, 5.74) is 6.57. The van der Waals surface area contributed by atoms with Crippen LogP contribution in [0.5, 0.6) is 0 Å².